The summed E-state index contributed by atoms with van der Waals surface area (Å²) in [6, 6.07) is 15.9. The first-order valence-corrected chi connectivity index (χ1v) is 13.6. The third-order valence-electron chi connectivity index (χ3n) is 6.17. The molecule has 0 radical (unpaired) electrons. The van der Waals surface area contributed by atoms with Crippen LogP contribution in [0.2, 0.25) is 0 Å². The van der Waals surface area contributed by atoms with E-state index >= 15 is 0 Å². The molecule has 0 aliphatic carbocycles. The SMILES string of the molecule is CCn1nc[n+](CC)c1N=Nc1ccc(NCCCNc2ccc(N=Nc3n(CC)nc[n+]3CC)cc2)cc1. The molecule has 39 heavy (non-hydrogen) atoms. The van der Waals surface area contributed by atoms with Gasteiger partial charge in [-0.25, -0.2) is 9.13 Å². The minimum atomic E-state index is 0.749. The quantitative estimate of drug-likeness (QED) is 0.128. The maximum absolute atomic E-state index is 4.41. The molecule has 0 atom stereocenters. The average Bonchev–Trinajstić information content (AvgIpc) is 3.58. The van der Waals surface area contributed by atoms with Gasteiger partial charge in [-0.05, 0) is 92.8 Å². The van der Waals surface area contributed by atoms with Crippen molar-refractivity contribution < 1.29 is 9.13 Å². The summed E-state index contributed by atoms with van der Waals surface area (Å²) in [6.45, 7) is 13.0. The Hall–Kier alpha value is -4.48. The molecule has 2 aromatic heterocycles. The van der Waals surface area contributed by atoms with Gasteiger partial charge >= 0.3 is 11.9 Å². The van der Waals surface area contributed by atoms with Gasteiger partial charge in [0.1, 0.15) is 0 Å². The second kappa shape index (κ2) is 13.9. The van der Waals surface area contributed by atoms with Gasteiger partial charge in [-0.15, -0.1) is 9.36 Å². The Morgan fingerprint density at radius 3 is 1.38 bits per heavy atom. The molecule has 0 aliphatic heterocycles. The number of aromatic nitrogens is 6. The fourth-order valence-electron chi connectivity index (χ4n) is 3.91. The van der Waals surface area contributed by atoms with Crippen molar-refractivity contribution >= 4 is 34.6 Å². The van der Waals surface area contributed by atoms with E-state index < -0.39 is 0 Å². The van der Waals surface area contributed by atoms with E-state index in [1.54, 1.807) is 12.7 Å². The summed E-state index contributed by atoms with van der Waals surface area (Å²) >= 11 is 0. The summed E-state index contributed by atoms with van der Waals surface area (Å²) in [6.07, 6.45) is 4.54. The molecule has 2 N–H and O–H groups in total. The van der Waals surface area contributed by atoms with Crippen molar-refractivity contribution in [3.05, 3.63) is 61.2 Å². The molecule has 0 unspecified atom stereocenters. The number of nitrogens with one attached hydrogen (secondary N) is 2. The van der Waals surface area contributed by atoms with Gasteiger partial charge in [-0.2, -0.15) is 0 Å². The highest BCUT2D eigenvalue weighted by atomic mass is 15.4. The number of hydrogen-bond donors (Lipinski definition) is 2. The van der Waals surface area contributed by atoms with Crippen LogP contribution < -0.4 is 19.8 Å². The van der Waals surface area contributed by atoms with Crippen molar-refractivity contribution in [1.29, 1.82) is 0 Å². The Bertz CT molecular complexity index is 1220. The zero-order valence-electron chi connectivity index (χ0n) is 23.2. The van der Waals surface area contributed by atoms with Gasteiger partial charge in [-0.1, -0.05) is 10.2 Å². The highest BCUT2D eigenvalue weighted by Crippen LogP contribution is 2.20. The second-order valence-corrected chi connectivity index (χ2v) is 8.77. The van der Waals surface area contributed by atoms with Gasteiger partial charge in [-0.3, -0.25) is 0 Å². The zero-order chi connectivity index (χ0) is 27.5. The topological polar surface area (TPSA) is 117 Å². The highest BCUT2D eigenvalue weighted by molar-refractivity contribution is 5.51. The lowest BCUT2D eigenvalue weighted by Crippen LogP contribution is -2.30. The van der Waals surface area contributed by atoms with E-state index in [1.807, 2.05) is 80.9 Å². The van der Waals surface area contributed by atoms with Crippen LogP contribution >= 0.6 is 0 Å². The van der Waals surface area contributed by atoms with Crippen molar-refractivity contribution in [2.75, 3.05) is 23.7 Å². The van der Waals surface area contributed by atoms with Crippen molar-refractivity contribution in [2.45, 2.75) is 60.3 Å². The first kappa shape index (κ1) is 27.6. The lowest BCUT2D eigenvalue weighted by Gasteiger charge is -2.08. The van der Waals surface area contributed by atoms with E-state index in [-0.39, 0.29) is 0 Å². The Morgan fingerprint density at radius 2 is 1.03 bits per heavy atom. The second-order valence-electron chi connectivity index (χ2n) is 8.77. The number of aryl methyl sites for hydroxylation is 4. The number of rotatable bonds is 14. The van der Waals surface area contributed by atoms with Crippen LogP contribution in [0.4, 0.5) is 34.6 Å². The lowest BCUT2D eigenvalue weighted by molar-refractivity contribution is -0.681. The normalized spacial score (nSPS) is 11.6. The van der Waals surface area contributed by atoms with Crippen LogP contribution in [0, 0.1) is 0 Å². The minimum absolute atomic E-state index is 0.749. The molecular weight excluding hydrogens is 492 g/mol. The van der Waals surface area contributed by atoms with Crippen molar-refractivity contribution in [3.8, 4) is 0 Å². The first-order valence-electron chi connectivity index (χ1n) is 13.6. The molecule has 0 bridgehead atoms. The van der Waals surface area contributed by atoms with Crippen LogP contribution in [-0.2, 0) is 26.2 Å². The van der Waals surface area contributed by atoms with Crippen molar-refractivity contribution in [3.63, 3.8) is 0 Å². The Morgan fingerprint density at radius 1 is 0.615 bits per heavy atom. The van der Waals surface area contributed by atoms with E-state index in [0.29, 0.717) is 0 Å². The predicted molar refractivity (Wildman–Crippen MR) is 150 cm³/mol. The molecule has 12 heteroatoms. The molecule has 0 amide bonds. The smallest absolute Gasteiger partial charge is 0.385 e. The summed E-state index contributed by atoms with van der Waals surface area (Å²) in [7, 11) is 0. The van der Waals surface area contributed by atoms with Crippen LogP contribution in [0.5, 0.6) is 0 Å². The molecule has 0 spiro atoms. The van der Waals surface area contributed by atoms with Crippen LogP contribution in [0.25, 0.3) is 0 Å². The lowest BCUT2D eigenvalue weighted by atomic mass is 10.2. The van der Waals surface area contributed by atoms with E-state index in [4.69, 9.17) is 0 Å². The Balaban J connectivity index is 1.20. The molecule has 2 heterocycles. The van der Waals surface area contributed by atoms with Crippen molar-refractivity contribution in [2.24, 2.45) is 20.5 Å². The molecule has 0 aliphatic rings. The zero-order valence-corrected chi connectivity index (χ0v) is 23.2. The number of azo groups is 2. The molecule has 12 nitrogen and oxygen atoms in total. The summed E-state index contributed by atoms with van der Waals surface area (Å²) in [4.78, 5) is 0. The van der Waals surface area contributed by atoms with E-state index in [9.17, 15) is 0 Å². The fourth-order valence-corrected chi connectivity index (χ4v) is 3.91. The molecule has 2 aromatic carbocycles. The largest absolute Gasteiger partial charge is 0.403 e. The third kappa shape index (κ3) is 7.30. The molecule has 4 aromatic rings. The average molecular weight is 531 g/mol. The molecule has 204 valence electrons. The summed E-state index contributed by atoms with van der Waals surface area (Å²) in [5.41, 5.74) is 3.72. The number of benzene rings is 2. The highest BCUT2D eigenvalue weighted by Gasteiger charge is 2.16. The molecule has 0 saturated carbocycles. The number of nitrogens with zero attached hydrogens (tertiary/aromatic N) is 10. The molecule has 0 fully saturated rings. The van der Waals surface area contributed by atoms with Gasteiger partial charge in [0, 0.05) is 34.7 Å². The summed E-state index contributed by atoms with van der Waals surface area (Å²) < 4.78 is 7.62. The van der Waals surface area contributed by atoms with Gasteiger partial charge in [0.05, 0.1) is 37.6 Å². The molecular formula is C27H38N12+2. The van der Waals surface area contributed by atoms with Crippen LogP contribution in [0.15, 0.2) is 81.6 Å². The van der Waals surface area contributed by atoms with Crippen LogP contribution in [-0.4, -0.2) is 32.7 Å². The van der Waals surface area contributed by atoms with Crippen LogP contribution in [0.3, 0.4) is 0 Å². The van der Waals surface area contributed by atoms with Crippen LogP contribution in [0.1, 0.15) is 34.1 Å². The minimum Gasteiger partial charge on any atom is -0.385 e. The monoisotopic (exact) mass is 530 g/mol. The van der Waals surface area contributed by atoms with Gasteiger partial charge in [0.25, 0.3) is 0 Å². The van der Waals surface area contributed by atoms with Gasteiger partial charge in [0.15, 0.2) is 0 Å². The molecule has 4 rings (SSSR count). The number of anilines is 2. The Kier molecular flexibility index (Phi) is 9.81. The van der Waals surface area contributed by atoms with Gasteiger partial charge < -0.3 is 10.6 Å². The maximum atomic E-state index is 4.41. The Labute approximate surface area is 229 Å². The fraction of sp³-hybridized carbons (Fsp3) is 0.407. The predicted octanol–water partition coefficient (Wildman–Crippen LogP) is 5.48. The summed E-state index contributed by atoms with van der Waals surface area (Å²) in [5, 5.41) is 33.2. The molecule has 0 saturated heterocycles. The number of hydrogen-bond acceptors (Lipinski definition) is 8. The van der Waals surface area contributed by atoms with E-state index in [1.165, 1.54) is 0 Å². The van der Waals surface area contributed by atoms with E-state index in [2.05, 4.69) is 55.1 Å². The van der Waals surface area contributed by atoms with Crippen molar-refractivity contribution in [1.82, 2.24) is 19.6 Å². The van der Waals surface area contributed by atoms with E-state index in [0.717, 1.165) is 80.3 Å². The first-order chi connectivity index (χ1) is 19.1. The van der Waals surface area contributed by atoms with Gasteiger partial charge in [0.2, 0.25) is 12.7 Å². The summed E-state index contributed by atoms with van der Waals surface area (Å²) in [5.74, 6) is 1.50. The third-order valence-corrected chi connectivity index (χ3v) is 6.17. The maximum Gasteiger partial charge on any atom is 0.403 e. The standard InChI is InChI=1S/C27H36N12/c1-5-36-20-30-38(7-3)26(36)34-32-24-14-10-22(11-15-24)28-18-9-19-29-23-12-16-25(17-13-23)33-35-27-37(6-2)21-31-39(27)8-4/h10-17,20-21H,5-9,18-19H2,1-4H3/p+2.